The van der Waals surface area contributed by atoms with Crippen molar-refractivity contribution in [1.82, 2.24) is 15.1 Å². The molecule has 0 saturated heterocycles. The molecule has 1 saturated carbocycles. The summed E-state index contributed by atoms with van der Waals surface area (Å²) in [5.41, 5.74) is 8.89. The van der Waals surface area contributed by atoms with Gasteiger partial charge in [-0.3, -0.25) is 10.2 Å². The van der Waals surface area contributed by atoms with Crippen LogP contribution in [-0.2, 0) is 6.54 Å². The fourth-order valence-corrected chi connectivity index (χ4v) is 4.59. The molecule has 5 N–H and O–H groups in total. The van der Waals surface area contributed by atoms with Gasteiger partial charge in [-0.25, -0.2) is 9.28 Å². The van der Waals surface area contributed by atoms with Gasteiger partial charge in [-0.15, -0.1) is 0 Å². The van der Waals surface area contributed by atoms with E-state index in [1.54, 1.807) is 58.6 Å². The number of rotatable bonds is 8. The molecule has 0 spiro atoms. The van der Waals surface area contributed by atoms with E-state index >= 15 is 0 Å². The molecule has 0 bridgehead atoms. The second-order valence-electron chi connectivity index (χ2n) is 9.68. The highest BCUT2D eigenvalue weighted by Crippen LogP contribution is 2.30. The molecule has 1 fully saturated rings. The van der Waals surface area contributed by atoms with Crippen LogP contribution in [0.1, 0.15) is 59.2 Å². The quantitative estimate of drug-likeness (QED) is 0.251. The first-order valence-electron chi connectivity index (χ1n) is 12.2. The summed E-state index contributed by atoms with van der Waals surface area (Å²) >= 11 is 0. The molecular weight excluding hydrogens is 458 g/mol. The van der Waals surface area contributed by atoms with Crippen molar-refractivity contribution < 1.29 is 19.1 Å². The number of urea groups is 1. The van der Waals surface area contributed by atoms with Crippen LogP contribution >= 0.6 is 0 Å². The number of nitrogens with zero attached hydrogens (tertiary/aromatic N) is 1. The molecule has 0 unspecified atom stereocenters. The molecule has 0 aromatic heterocycles. The van der Waals surface area contributed by atoms with Crippen molar-refractivity contribution in [2.45, 2.75) is 51.6 Å². The van der Waals surface area contributed by atoms with Crippen LogP contribution in [0.5, 0.6) is 11.5 Å². The number of hydrogen-bond donors (Lipinski definition) is 4. The lowest BCUT2D eigenvalue weighted by Crippen LogP contribution is -2.56. The molecule has 3 amide bonds. The minimum absolute atomic E-state index is 0.0848. The van der Waals surface area contributed by atoms with Crippen molar-refractivity contribution in [3.63, 3.8) is 0 Å². The van der Waals surface area contributed by atoms with Gasteiger partial charge >= 0.3 is 6.03 Å². The topological polar surface area (TPSA) is 127 Å². The van der Waals surface area contributed by atoms with Crippen LogP contribution in [0.3, 0.4) is 0 Å². The average molecular weight is 497 g/mol. The van der Waals surface area contributed by atoms with Crippen molar-refractivity contribution >= 4 is 23.5 Å². The fourth-order valence-electron chi connectivity index (χ4n) is 4.59. The molecule has 0 aliphatic heterocycles. The first kappa shape index (κ1) is 27.0. The number of hydrogen-bond acceptors (Lipinski definition) is 5. The third kappa shape index (κ3) is 5.96. The Morgan fingerprint density at radius 1 is 1.03 bits per heavy atom. The van der Waals surface area contributed by atoms with E-state index in [9.17, 15) is 9.59 Å². The number of nitrogen functional groups attached to an aromatic ring is 1. The Kier molecular flexibility index (Phi) is 8.57. The Bertz CT molecular complexity index is 1110. The SMILES string of the molecule is COc1cc(C(=O)NCc2ccc(C(=N)N)cc2[N+](C)(C)C(=O)NC2CCCCC2)cc(OC)c1C. The van der Waals surface area contributed by atoms with Crippen molar-refractivity contribution in [3.05, 3.63) is 52.6 Å². The van der Waals surface area contributed by atoms with Crippen LogP contribution in [0.15, 0.2) is 30.3 Å². The first-order chi connectivity index (χ1) is 17.1. The standard InChI is InChI=1S/C27H37N5O4/c1-17-23(35-4)14-20(15-24(17)36-5)26(33)30-16-19-12-11-18(25(28)29)13-22(19)32(2,3)27(34)31-21-9-7-6-8-10-21/h11-15,21H,6-10,16H2,1-5H3,(H4-,28,29,30,31,33,34)/p+1. The summed E-state index contributed by atoms with van der Waals surface area (Å²) in [6, 6.07) is 8.65. The molecule has 9 heteroatoms. The highest BCUT2D eigenvalue weighted by Gasteiger charge is 2.34. The first-order valence-corrected chi connectivity index (χ1v) is 12.2. The maximum absolute atomic E-state index is 13.4. The number of amidine groups is 1. The highest BCUT2D eigenvalue weighted by molar-refractivity contribution is 5.98. The molecule has 1 aliphatic carbocycles. The zero-order valence-electron chi connectivity index (χ0n) is 21.9. The molecule has 2 aromatic carbocycles. The third-order valence-electron chi connectivity index (χ3n) is 6.89. The van der Waals surface area contributed by atoms with Crippen molar-refractivity contribution in [2.75, 3.05) is 28.3 Å². The molecule has 36 heavy (non-hydrogen) atoms. The van der Waals surface area contributed by atoms with E-state index in [1.165, 1.54) is 6.42 Å². The molecule has 194 valence electrons. The van der Waals surface area contributed by atoms with Crippen molar-refractivity contribution in [1.29, 1.82) is 5.41 Å². The number of methoxy groups -OCH3 is 2. The number of benzene rings is 2. The number of amides is 3. The summed E-state index contributed by atoms with van der Waals surface area (Å²) in [5, 5.41) is 14.0. The summed E-state index contributed by atoms with van der Waals surface area (Å²) in [6.45, 7) is 2.05. The number of carbonyl (C=O) groups is 2. The van der Waals surface area contributed by atoms with Gasteiger partial charge in [0.1, 0.15) is 23.0 Å². The molecular formula is C27H38N5O4+. The Labute approximate surface area is 213 Å². The minimum atomic E-state index is -0.301. The van der Waals surface area contributed by atoms with E-state index in [2.05, 4.69) is 10.6 Å². The van der Waals surface area contributed by atoms with Gasteiger partial charge < -0.3 is 25.8 Å². The van der Waals surface area contributed by atoms with Gasteiger partial charge in [0, 0.05) is 40.9 Å². The van der Waals surface area contributed by atoms with Gasteiger partial charge in [0.2, 0.25) is 0 Å². The molecule has 3 rings (SSSR count). The van der Waals surface area contributed by atoms with Crippen LogP contribution in [-0.4, -0.2) is 52.1 Å². The van der Waals surface area contributed by atoms with Crippen LogP contribution < -0.4 is 30.3 Å². The summed E-state index contributed by atoms with van der Waals surface area (Å²) in [7, 11) is 6.70. The zero-order valence-corrected chi connectivity index (χ0v) is 21.9. The molecule has 0 radical (unpaired) electrons. The number of nitrogens with two attached hydrogens (primary N) is 1. The van der Waals surface area contributed by atoms with Crippen LogP contribution in [0.4, 0.5) is 10.5 Å². The van der Waals surface area contributed by atoms with Crippen molar-refractivity contribution in [3.8, 4) is 11.5 Å². The number of quaternary nitrogens is 1. The van der Waals surface area contributed by atoms with E-state index in [4.69, 9.17) is 20.6 Å². The van der Waals surface area contributed by atoms with Gasteiger partial charge in [-0.1, -0.05) is 31.4 Å². The minimum Gasteiger partial charge on any atom is -0.496 e. The number of carbonyl (C=O) groups excluding carboxylic acids is 2. The Hall–Kier alpha value is -3.59. The van der Waals surface area contributed by atoms with Gasteiger partial charge in [0.15, 0.2) is 0 Å². The summed E-state index contributed by atoms with van der Waals surface area (Å²) in [6.07, 6.45) is 5.39. The predicted molar refractivity (Wildman–Crippen MR) is 142 cm³/mol. The third-order valence-corrected chi connectivity index (χ3v) is 6.89. The molecule has 0 heterocycles. The lowest BCUT2D eigenvalue weighted by molar-refractivity contribution is 0.0950. The highest BCUT2D eigenvalue weighted by atomic mass is 16.5. The van der Waals surface area contributed by atoms with E-state index < -0.39 is 0 Å². The van der Waals surface area contributed by atoms with Crippen molar-refractivity contribution in [2.24, 2.45) is 5.73 Å². The zero-order chi connectivity index (χ0) is 26.5. The molecule has 0 atom stereocenters. The fraction of sp³-hybridized carbons (Fsp3) is 0.444. The lowest BCUT2D eigenvalue weighted by Gasteiger charge is -2.31. The second-order valence-corrected chi connectivity index (χ2v) is 9.68. The van der Waals surface area contributed by atoms with Gasteiger partial charge in [0.05, 0.1) is 28.3 Å². The Morgan fingerprint density at radius 2 is 1.64 bits per heavy atom. The number of ether oxygens (including phenoxy) is 2. The molecule has 1 aliphatic rings. The van der Waals surface area contributed by atoms with E-state index in [0.29, 0.717) is 28.3 Å². The average Bonchev–Trinajstić information content (AvgIpc) is 2.87. The lowest BCUT2D eigenvalue weighted by atomic mass is 9.95. The maximum Gasteiger partial charge on any atom is 0.421 e. The van der Waals surface area contributed by atoms with E-state index in [-0.39, 0.29) is 34.8 Å². The van der Waals surface area contributed by atoms with Gasteiger partial charge in [0.25, 0.3) is 5.91 Å². The summed E-state index contributed by atoms with van der Waals surface area (Å²) < 4.78 is 10.7. The smallest absolute Gasteiger partial charge is 0.421 e. The van der Waals surface area contributed by atoms with E-state index in [1.807, 2.05) is 6.92 Å². The van der Waals surface area contributed by atoms with Crippen LogP contribution in [0.25, 0.3) is 0 Å². The summed E-state index contributed by atoms with van der Waals surface area (Å²) in [5.74, 6) is 0.731. The van der Waals surface area contributed by atoms with Crippen LogP contribution in [0.2, 0.25) is 0 Å². The normalized spacial score (nSPS) is 14.1. The Morgan fingerprint density at radius 3 is 2.19 bits per heavy atom. The molecule has 2 aromatic rings. The maximum atomic E-state index is 13.4. The largest absolute Gasteiger partial charge is 0.496 e. The molecule has 9 nitrogen and oxygen atoms in total. The van der Waals surface area contributed by atoms with Crippen LogP contribution in [0, 0.1) is 12.3 Å². The van der Waals surface area contributed by atoms with Gasteiger partial charge in [-0.2, -0.15) is 0 Å². The van der Waals surface area contributed by atoms with E-state index in [0.717, 1.165) is 36.8 Å². The monoisotopic (exact) mass is 496 g/mol. The Balaban J connectivity index is 1.86. The number of nitrogens with one attached hydrogen (secondary N) is 3. The van der Waals surface area contributed by atoms with Gasteiger partial charge in [-0.05, 0) is 31.9 Å². The predicted octanol–water partition coefficient (Wildman–Crippen LogP) is 3.84. The second kappa shape index (κ2) is 11.4. The summed E-state index contributed by atoms with van der Waals surface area (Å²) in [4.78, 5) is 26.4.